The van der Waals surface area contributed by atoms with Crippen molar-refractivity contribution < 1.29 is 9.26 Å². The third kappa shape index (κ3) is 3.60. The Morgan fingerprint density at radius 3 is 2.56 bits per heavy atom. The summed E-state index contributed by atoms with van der Waals surface area (Å²) in [7, 11) is 4.12. The molecule has 0 N–H and O–H groups in total. The van der Waals surface area contributed by atoms with Crippen molar-refractivity contribution in [2.45, 2.75) is 6.42 Å². The zero-order valence-electron chi connectivity index (χ0n) is 10.8. The maximum atomic E-state index is 5.66. The molecule has 0 amide bonds. The summed E-state index contributed by atoms with van der Waals surface area (Å²) in [6.07, 6.45) is 2.60. The second kappa shape index (κ2) is 6.21. The second-order valence-electron chi connectivity index (χ2n) is 4.41. The van der Waals surface area contributed by atoms with E-state index in [0.29, 0.717) is 0 Å². The lowest BCUT2D eigenvalue weighted by Crippen LogP contribution is -2.15. The van der Waals surface area contributed by atoms with Crippen molar-refractivity contribution in [3.8, 4) is 17.0 Å². The van der Waals surface area contributed by atoms with Crippen LogP contribution in [0.4, 0.5) is 0 Å². The summed E-state index contributed by atoms with van der Waals surface area (Å²) in [5.41, 5.74) is 1.87. The largest absolute Gasteiger partial charge is 0.494 e. The smallest absolute Gasteiger partial charge is 0.124 e. The molecule has 2 rings (SSSR count). The van der Waals surface area contributed by atoms with Crippen LogP contribution in [0.15, 0.2) is 41.1 Å². The van der Waals surface area contributed by atoms with Gasteiger partial charge in [-0.2, -0.15) is 0 Å². The van der Waals surface area contributed by atoms with E-state index in [4.69, 9.17) is 9.26 Å². The van der Waals surface area contributed by atoms with Crippen molar-refractivity contribution in [1.29, 1.82) is 0 Å². The zero-order valence-corrected chi connectivity index (χ0v) is 10.8. The number of hydrogen-bond acceptors (Lipinski definition) is 4. The Morgan fingerprint density at radius 1 is 1.17 bits per heavy atom. The molecule has 96 valence electrons. The van der Waals surface area contributed by atoms with Crippen LogP contribution in [0.1, 0.15) is 6.42 Å². The van der Waals surface area contributed by atoms with Gasteiger partial charge in [0.1, 0.15) is 17.7 Å². The second-order valence-corrected chi connectivity index (χ2v) is 4.41. The molecule has 0 aliphatic carbocycles. The lowest BCUT2D eigenvalue weighted by molar-refractivity contribution is 0.281. The van der Waals surface area contributed by atoms with Gasteiger partial charge in [0.2, 0.25) is 0 Å². The molecule has 1 aromatic carbocycles. The normalized spacial score (nSPS) is 10.8. The summed E-state index contributed by atoms with van der Waals surface area (Å²) in [6, 6.07) is 9.73. The molecule has 0 radical (unpaired) electrons. The molecule has 0 aliphatic rings. The summed E-state index contributed by atoms with van der Waals surface area (Å²) in [6.45, 7) is 1.78. The van der Waals surface area contributed by atoms with Gasteiger partial charge in [0.05, 0.1) is 6.61 Å². The monoisotopic (exact) mass is 246 g/mol. The van der Waals surface area contributed by atoms with Gasteiger partial charge in [-0.1, -0.05) is 5.16 Å². The van der Waals surface area contributed by atoms with Gasteiger partial charge < -0.3 is 14.2 Å². The highest BCUT2D eigenvalue weighted by atomic mass is 16.5. The topological polar surface area (TPSA) is 38.5 Å². The minimum absolute atomic E-state index is 0.738. The van der Waals surface area contributed by atoms with Crippen LogP contribution in [0.5, 0.6) is 5.75 Å². The molecule has 0 fully saturated rings. The number of ether oxygens (including phenoxy) is 1. The van der Waals surface area contributed by atoms with E-state index in [-0.39, 0.29) is 0 Å². The summed E-state index contributed by atoms with van der Waals surface area (Å²) in [5, 5.41) is 3.89. The Bertz CT molecular complexity index is 449. The van der Waals surface area contributed by atoms with Crippen LogP contribution in [0.2, 0.25) is 0 Å². The minimum Gasteiger partial charge on any atom is -0.494 e. The first-order chi connectivity index (χ1) is 8.75. The van der Waals surface area contributed by atoms with Gasteiger partial charge in [-0.15, -0.1) is 0 Å². The van der Waals surface area contributed by atoms with Gasteiger partial charge in [0.25, 0.3) is 0 Å². The highest BCUT2D eigenvalue weighted by Gasteiger charge is 2.01. The van der Waals surface area contributed by atoms with Gasteiger partial charge in [0.15, 0.2) is 0 Å². The Morgan fingerprint density at radius 2 is 1.94 bits per heavy atom. The fourth-order valence-electron chi connectivity index (χ4n) is 1.65. The van der Waals surface area contributed by atoms with Crippen LogP contribution in [0, 0.1) is 0 Å². The van der Waals surface area contributed by atoms with E-state index in [1.165, 1.54) is 0 Å². The fraction of sp³-hybridized carbons (Fsp3) is 0.357. The third-order valence-corrected chi connectivity index (χ3v) is 2.61. The van der Waals surface area contributed by atoms with Crippen molar-refractivity contribution >= 4 is 0 Å². The van der Waals surface area contributed by atoms with Crippen molar-refractivity contribution in [1.82, 2.24) is 10.1 Å². The predicted octanol–water partition coefficient (Wildman–Crippen LogP) is 2.67. The first-order valence-electron chi connectivity index (χ1n) is 6.04. The minimum atomic E-state index is 0.738. The summed E-state index contributed by atoms with van der Waals surface area (Å²) >= 11 is 0. The highest BCUT2D eigenvalue weighted by Crippen LogP contribution is 2.20. The van der Waals surface area contributed by atoms with E-state index < -0.39 is 0 Å². The van der Waals surface area contributed by atoms with Crippen LogP contribution < -0.4 is 4.74 Å². The van der Waals surface area contributed by atoms with Crippen LogP contribution in [-0.4, -0.2) is 37.3 Å². The molecule has 18 heavy (non-hydrogen) atoms. The molecule has 1 heterocycles. The van der Waals surface area contributed by atoms with Gasteiger partial charge in [-0.05, 0) is 44.8 Å². The summed E-state index contributed by atoms with van der Waals surface area (Å²) in [4.78, 5) is 2.15. The van der Waals surface area contributed by atoms with Gasteiger partial charge in [-0.25, -0.2) is 0 Å². The summed E-state index contributed by atoms with van der Waals surface area (Å²) in [5.74, 6) is 0.890. The predicted molar refractivity (Wildman–Crippen MR) is 70.6 cm³/mol. The molecular formula is C14H18N2O2. The van der Waals surface area contributed by atoms with E-state index in [2.05, 4.69) is 24.2 Å². The first-order valence-corrected chi connectivity index (χ1v) is 6.04. The zero-order chi connectivity index (χ0) is 12.8. The molecule has 0 unspecified atom stereocenters. The molecule has 0 aliphatic heterocycles. The van der Waals surface area contributed by atoms with E-state index in [1.807, 2.05) is 30.3 Å². The Kier molecular flexibility index (Phi) is 4.36. The molecule has 0 atom stereocenters. The molecule has 0 saturated heterocycles. The van der Waals surface area contributed by atoms with E-state index >= 15 is 0 Å². The SMILES string of the molecule is CN(C)CCCOc1ccc(-c2ccon2)cc1. The number of nitrogens with zero attached hydrogens (tertiary/aromatic N) is 2. The van der Waals surface area contributed by atoms with E-state index in [9.17, 15) is 0 Å². The molecule has 2 aromatic rings. The first kappa shape index (κ1) is 12.6. The van der Waals surface area contributed by atoms with Gasteiger partial charge >= 0.3 is 0 Å². The maximum Gasteiger partial charge on any atom is 0.124 e. The lowest BCUT2D eigenvalue weighted by atomic mass is 10.1. The molecule has 4 nitrogen and oxygen atoms in total. The van der Waals surface area contributed by atoms with Crippen LogP contribution in [0.25, 0.3) is 11.3 Å². The van der Waals surface area contributed by atoms with E-state index in [1.54, 1.807) is 6.26 Å². The average Bonchev–Trinajstić information content (AvgIpc) is 2.89. The van der Waals surface area contributed by atoms with Crippen LogP contribution in [0.3, 0.4) is 0 Å². The Hall–Kier alpha value is -1.81. The van der Waals surface area contributed by atoms with Crippen LogP contribution >= 0.6 is 0 Å². The highest BCUT2D eigenvalue weighted by molar-refractivity contribution is 5.58. The molecular weight excluding hydrogens is 228 g/mol. The molecule has 0 spiro atoms. The number of aromatic nitrogens is 1. The Labute approximate surface area is 107 Å². The van der Waals surface area contributed by atoms with Crippen molar-refractivity contribution in [2.24, 2.45) is 0 Å². The third-order valence-electron chi connectivity index (χ3n) is 2.61. The Balaban J connectivity index is 1.84. The molecule has 4 heteroatoms. The number of rotatable bonds is 6. The number of hydrogen-bond donors (Lipinski definition) is 0. The quantitative estimate of drug-likeness (QED) is 0.734. The standard InChI is InChI=1S/C14H18N2O2/c1-16(2)9-3-10-17-13-6-4-12(5-7-13)14-8-11-18-15-14/h4-8,11H,3,9-10H2,1-2H3. The maximum absolute atomic E-state index is 5.66. The molecule has 0 saturated carbocycles. The summed E-state index contributed by atoms with van der Waals surface area (Å²) < 4.78 is 10.5. The lowest BCUT2D eigenvalue weighted by Gasteiger charge is -2.10. The molecule has 0 bridgehead atoms. The number of benzene rings is 1. The van der Waals surface area contributed by atoms with Crippen molar-refractivity contribution in [2.75, 3.05) is 27.2 Å². The van der Waals surface area contributed by atoms with Crippen molar-refractivity contribution in [3.05, 3.63) is 36.6 Å². The average molecular weight is 246 g/mol. The van der Waals surface area contributed by atoms with E-state index in [0.717, 1.165) is 36.6 Å². The van der Waals surface area contributed by atoms with Gasteiger partial charge in [-0.3, -0.25) is 0 Å². The molecule has 1 aromatic heterocycles. The van der Waals surface area contributed by atoms with Gasteiger partial charge in [0, 0.05) is 18.2 Å². The fourth-order valence-corrected chi connectivity index (χ4v) is 1.65. The van der Waals surface area contributed by atoms with Crippen LogP contribution in [-0.2, 0) is 0 Å². The van der Waals surface area contributed by atoms with Crippen molar-refractivity contribution in [3.63, 3.8) is 0 Å².